The van der Waals surface area contributed by atoms with Gasteiger partial charge in [-0.3, -0.25) is 4.79 Å². The van der Waals surface area contributed by atoms with E-state index in [4.69, 9.17) is 10.8 Å². The molecule has 1 aliphatic carbocycles. The number of likely N-dealkylation sites (tertiary alicyclic amines) is 1. The van der Waals surface area contributed by atoms with E-state index in [9.17, 15) is 4.79 Å². The standard InChI is InChI=1S/C14H22N4O2S/c15-12-11(21-14(17-12)16-10-3-4-10)13(20)18-6-1-2-9(8-18)5-7-19/h9-10,19H,1-8,15H2,(H,16,17). The number of aromatic nitrogens is 1. The molecule has 1 unspecified atom stereocenters. The second kappa shape index (κ2) is 6.19. The number of nitrogens with two attached hydrogens (primary N) is 1. The van der Waals surface area contributed by atoms with Crippen LogP contribution in [0.4, 0.5) is 10.9 Å². The number of carbonyl (C=O) groups is 1. The van der Waals surface area contributed by atoms with Crippen LogP contribution in [0.2, 0.25) is 0 Å². The summed E-state index contributed by atoms with van der Waals surface area (Å²) in [5, 5.41) is 13.1. The van der Waals surface area contributed by atoms with Crippen LogP contribution in [0.1, 0.15) is 41.8 Å². The number of hydrogen-bond acceptors (Lipinski definition) is 6. The second-order valence-corrected chi connectivity index (χ2v) is 6.92. The maximum Gasteiger partial charge on any atom is 0.267 e. The van der Waals surface area contributed by atoms with Crippen LogP contribution >= 0.6 is 11.3 Å². The summed E-state index contributed by atoms with van der Waals surface area (Å²) in [7, 11) is 0. The van der Waals surface area contributed by atoms with Crippen molar-refractivity contribution in [3.63, 3.8) is 0 Å². The average Bonchev–Trinajstić information content (AvgIpc) is 3.21. The number of nitrogens with zero attached hydrogens (tertiary/aromatic N) is 2. The molecule has 2 heterocycles. The van der Waals surface area contributed by atoms with E-state index < -0.39 is 0 Å². The largest absolute Gasteiger partial charge is 0.396 e. The highest BCUT2D eigenvalue weighted by atomic mass is 32.1. The van der Waals surface area contributed by atoms with E-state index in [2.05, 4.69) is 10.3 Å². The first-order chi connectivity index (χ1) is 10.2. The Balaban J connectivity index is 1.67. The zero-order chi connectivity index (χ0) is 14.8. The molecule has 1 aromatic rings. The summed E-state index contributed by atoms with van der Waals surface area (Å²) >= 11 is 1.36. The Bertz CT molecular complexity index is 513. The van der Waals surface area contributed by atoms with Crippen LogP contribution in [0.3, 0.4) is 0 Å². The van der Waals surface area contributed by atoms with E-state index in [0.717, 1.165) is 43.8 Å². The number of aliphatic hydroxyl groups is 1. The number of piperidine rings is 1. The van der Waals surface area contributed by atoms with Crippen LogP contribution < -0.4 is 11.1 Å². The lowest BCUT2D eigenvalue weighted by atomic mass is 9.95. The summed E-state index contributed by atoms with van der Waals surface area (Å²) in [5.74, 6) is 0.708. The molecule has 1 saturated heterocycles. The average molecular weight is 310 g/mol. The summed E-state index contributed by atoms with van der Waals surface area (Å²) < 4.78 is 0. The maximum atomic E-state index is 12.6. The molecule has 116 valence electrons. The molecule has 2 aliphatic rings. The first kappa shape index (κ1) is 14.6. The maximum absolute atomic E-state index is 12.6. The first-order valence-electron chi connectivity index (χ1n) is 7.60. The third-order valence-corrected chi connectivity index (χ3v) is 5.09. The number of nitrogen functional groups attached to an aromatic ring is 1. The van der Waals surface area contributed by atoms with Gasteiger partial charge in [-0.1, -0.05) is 11.3 Å². The summed E-state index contributed by atoms with van der Waals surface area (Å²) in [6, 6.07) is 0.502. The van der Waals surface area contributed by atoms with Crippen molar-refractivity contribution in [3.05, 3.63) is 4.88 Å². The smallest absolute Gasteiger partial charge is 0.267 e. The van der Waals surface area contributed by atoms with Crippen molar-refractivity contribution < 1.29 is 9.90 Å². The molecule has 4 N–H and O–H groups in total. The fraction of sp³-hybridized carbons (Fsp3) is 0.714. The Morgan fingerprint density at radius 3 is 3.00 bits per heavy atom. The van der Waals surface area contributed by atoms with E-state index in [1.54, 1.807) is 0 Å². The minimum absolute atomic E-state index is 0.0171. The summed E-state index contributed by atoms with van der Waals surface area (Å²) in [5.41, 5.74) is 5.91. The van der Waals surface area contributed by atoms with Gasteiger partial charge in [0.25, 0.3) is 5.91 Å². The van der Waals surface area contributed by atoms with E-state index in [1.807, 2.05) is 4.90 Å². The third-order valence-electron chi connectivity index (χ3n) is 4.10. The number of hydrogen-bond donors (Lipinski definition) is 3. The Labute approximate surface area is 128 Å². The van der Waals surface area contributed by atoms with Crippen LogP contribution in [0.25, 0.3) is 0 Å². The van der Waals surface area contributed by atoms with E-state index in [-0.39, 0.29) is 12.5 Å². The van der Waals surface area contributed by atoms with Crippen LogP contribution in [0, 0.1) is 5.92 Å². The molecule has 1 aliphatic heterocycles. The van der Waals surface area contributed by atoms with Gasteiger partial charge in [0.1, 0.15) is 10.7 Å². The van der Waals surface area contributed by atoms with Gasteiger partial charge in [0.05, 0.1) is 0 Å². The third kappa shape index (κ3) is 3.47. The molecule has 0 radical (unpaired) electrons. The van der Waals surface area contributed by atoms with Crippen LogP contribution in [-0.2, 0) is 0 Å². The molecule has 1 saturated carbocycles. The van der Waals surface area contributed by atoms with Crippen molar-refractivity contribution in [1.29, 1.82) is 0 Å². The predicted molar refractivity (Wildman–Crippen MR) is 83.5 cm³/mol. The highest BCUT2D eigenvalue weighted by molar-refractivity contribution is 7.18. The Morgan fingerprint density at radius 1 is 1.48 bits per heavy atom. The molecular formula is C14H22N4O2S. The number of rotatable bonds is 5. The lowest BCUT2D eigenvalue weighted by Gasteiger charge is -2.32. The van der Waals surface area contributed by atoms with Gasteiger partial charge in [-0.05, 0) is 38.0 Å². The quantitative estimate of drug-likeness (QED) is 0.767. The number of amides is 1. The van der Waals surface area contributed by atoms with E-state index in [1.165, 1.54) is 11.3 Å². The predicted octanol–water partition coefficient (Wildman–Crippen LogP) is 1.53. The van der Waals surface area contributed by atoms with Crippen molar-refractivity contribution in [1.82, 2.24) is 9.88 Å². The van der Waals surface area contributed by atoms with Gasteiger partial charge in [0, 0.05) is 25.7 Å². The van der Waals surface area contributed by atoms with E-state index in [0.29, 0.717) is 29.2 Å². The summed E-state index contributed by atoms with van der Waals surface area (Å²) in [6.07, 6.45) is 5.16. The number of carbonyl (C=O) groups excluding carboxylic acids is 1. The number of anilines is 2. The van der Waals surface area contributed by atoms with Crippen molar-refractivity contribution >= 4 is 28.2 Å². The molecule has 21 heavy (non-hydrogen) atoms. The van der Waals surface area contributed by atoms with Crippen molar-refractivity contribution in [2.45, 2.75) is 38.1 Å². The van der Waals surface area contributed by atoms with Gasteiger partial charge in [0.2, 0.25) is 0 Å². The van der Waals surface area contributed by atoms with Gasteiger partial charge < -0.3 is 21.1 Å². The highest BCUT2D eigenvalue weighted by Gasteiger charge is 2.28. The minimum atomic E-state index is -0.0171. The number of aliphatic hydroxyl groups excluding tert-OH is 1. The Kier molecular flexibility index (Phi) is 4.30. The zero-order valence-electron chi connectivity index (χ0n) is 12.0. The molecule has 0 bridgehead atoms. The molecule has 1 atom stereocenters. The first-order valence-corrected chi connectivity index (χ1v) is 8.42. The van der Waals surface area contributed by atoms with Crippen molar-refractivity contribution in [2.24, 2.45) is 5.92 Å². The molecule has 2 fully saturated rings. The van der Waals surface area contributed by atoms with Crippen molar-refractivity contribution in [2.75, 3.05) is 30.7 Å². The SMILES string of the molecule is Nc1nc(NC2CC2)sc1C(=O)N1CCCC(CCO)C1. The summed E-state index contributed by atoms with van der Waals surface area (Å²) in [4.78, 5) is 19.3. The number of thiazole rings is 1. The normalized spacial score (nSPS) is 22.3. The Hall–Kier alpha value is -1.34. The van der Waals surface area contributed by atoms with Crippen molar-refractivity contribution in [3.8, 4) is 0 Å². The lowest BCUT2D eigenvalue weighted by molar-refractivity contribution is 0.0659. The molecule has 0 spiro atoms. The van der Waals surface area contributed by atoms with E-state index >= 15 is 0 Å². The zero-order valence-corrected chi connectivity index (χ0v) is 12.9. The van der Waals surface area contributed by atoms with Crippen LogP contribution in [-0.4, -0.2) is 46.6 Å². The second-order valence-electron chi connectivity index (χ2n) is 5.92. The van der Waals surface area contributed by atoms with Gasteiger partial charge in [0.15, 0.2) is 5.13 Å². The molecule has 1 aromatic heterocycles. The van der Waals surface area contributed by atoms with Gasteiger partial charge >= 0.3 is 0 Å². The van der Waals surface area contributed by atoms with Crippen LogP contribution in [0.15, 0.2) is 0 Å². The minimum Gasteiger partial charge on any atom is -0.396 e. The topological polar surface area (TPSA) is 91.5 Å². The number of nitrogens with one attached hydrogen (secondary N) is 1. The summed E-state index contributed by atoms with van der Waals surface area (Å²) in [6.45, 7) is 1.66. The molecular weight excluding hydrogens is 288 g/mol. The monoisotopic (exact) mass is 310 g/mol. The molecule has 6 nitrogen and oxygen atoms in total. The molecule has 7 heteroatoms. The van der Waals surface area contributed by atoms with Gasteiger partial charge in [-0.15, -0.1) is 0 Å². The lowest BCUT2D eigenvalue weighted by Crippen LogP contribution is -2.40. The molecule has 1 amide bonds. The molecule has 3 rings (SSSR count). The Morgan fingerprint density at radius 2 is 2.29 bits per heavy atom. The van der Waals surface area contributed by atoms with Gasteiger partial charge in [-0.25, -0.2) is 4.98 Å². The fourth-order valence-corrected chi connectivity index (χ4v) is 3.69. The highest BCUT2D eigenvalue weighted by Crippen LogP contribution is 2.32. The van der Waals surface area contributed by atoms with Crippen LogP contribution in [0.5, 0.6) is 0 Å². The molecule has 0 aromatic carbocycles. The fourth-order valence-electron chi connectivity index (χ4n) is 2.76. The van der Waals surface area contributed by atoms with Gasteiger partial charge in [-0.2, -0.15) is 0 Å².